The number of carbonyl (C=O) groups excluding carboxylic acids is 2. The van der Waals surface area contributed by atoms with Gasteiger partial charge in [-0.1, -0.05) is 35.9 Å². The smallest absolute Gasteiger partial charge is 0.273 e. The molecule has 0 saturated heterocycles. The van der Waals surface area contributed by atoms with Crippen molar-refractivity contribution in [2.45, 2.75) is 13.3 Å². The molecular weight excluding hydrogens is 532 g/mol. The Morgan fingerprint density at radius 3 is 2.50 bits per heavy atom. The van der Waals surface area contributed by atoms with Gasteiger partial charge in [0.2, 0.25) is 5.91 Å². The first-order valence-corrected chi connectivity index (χ1v) is 11.5. The molecule has 0 radical (unpaired) electrons. The average Bonchev–Trinajstić information content (AvgIpc) is 2.85. The van der Waals surface area contributed by atoms with E-state index in [2.05, 4.69) is 31.8 Å². The Morgan fingerprint density at radius 1 is 1.08 bits per heavy atom. The van der Waals surface area contributed by atoms with Gasteiger partial charge in [-0.3, -0.25) is 19.7 Å². The maximum Gasteiger partial charge on any atom is 0.273 e. The predicted molar refractivity (Wildman–Crippen MR) is 139 cm³/mol. The lowest BCUT2D eigenvalue weighted by molar-refractivity contribution is -0.385. The van der Waals surface area contributed by atoms with E-state index in [1.807, 2.05) is 19.1 Å². The molecule has 0 spiro atoms. The summed E-state index contributed by atoms with van der Waals surface area (Å²) in [6, 6.07) is 16.6. The quantitative estimate of drug-likeness (QED) is 0.217. The first-order chi connectivity index (χ1) is 17.3. The number of nitrogens with zero attached hydrogens (tertiary/aromatic N) is 2. The number of ether oxygens (including phenoxy) is 2. The van der Waals surface area contributed by atoms with E-state index in [-0.39, 0.29) is 30.2 Å². The molecule has 0 atom stereocenters. The van der Waals surface area contributed by atoms with E-state index in [0.717, 1.165) is 5.56 Å². The number of hydrogen-bond donors (Lipinski definition) is 2. The van der Waals surface area contributed by atoms with Crippen LogP contribution in [-0.2, 0) is 16.0 Å². The number of aryl methyl sites for hydroxylation is 1. The van der Waals surface area contributed by atoms with Crippen LogP contribution in [0.4, 0.5) is 11.4 Å². The first kappa shape index (κ1) is 26.4. The summed E-state index contributed by atoms with van der Waals surface area (Å²) in [7, 11) is 1.46. The number of benzene rings is 3. The van der Waals surface area contributed by atoms with Gasteiger partial charge < -0.3 is 14.8 Å². The molecule has 3 aromatic rings. The van der Waals surface area contributed by atoms with Crippen LogP contribution >= 0.6 is 15.9 Å². The number of methoxy groups -OCH3 is 1. The molecule has 0 aliphatic heterocycles. The number of hydrazone groups is 1. The molecule has 186 valence electrons. The van der Waals surface area contributed by atoms with Crippen LogP contribution in [0.3, 0.4) is 0 Å². The largest absolute Gasteiger partial charge is 0.493 e. The second-order valence-electron chi connectivity index (χ2n) is 7.58. The van der Waals surface area contributed by atoms with Crippen molar-refractivity contribution < 1.29 is 24.0 Å². The highest BCUT2D eigenvalue weighted by Gasteiger charge is 2.15. The van der Waals surface area contributed by atoms with Crippen molar-refractivity contribution in [2.24, 2.45) is 5.10 Å². The zero-order valence-electron chi connectivity index (χ0n) is 19.5. The second-order valence-corrected chi connectivity index (χ2v) is 8.44. The van der Waals surface area contributed by atoms with Gasteiger partial charge in [0.15, 0.2) is 18.1 Å². The topological polar surface area (TPSA) is 132 Å². The van der Waals surface area contributed by atoms with E-state index >= 15 is 0 Å². The van der Waals surface area contributed by atoms with Crippen molar-refractivity contribution in [2.75, 3.05) is 19.0 Å². The summed E-state index contributed by atoms with van der Waals surface area (Å²) >= 11 is 3.41. The third-order valence-corrected chi connectivity index (χ3v) is 5.60. The first-order valence-electron chi connectivity index (χ1n) is 10.7. The summed E-state index contributed by atoms with van der Waals surface area (Å²) in [4.78, 5) is 35.0. The molecule has 0 saturated carbocycles. The molecule has 2 N–H and O–H groups in total. The van der Waals surface area contributed by atoms with Crippen LogP contribution in [0.15, 0.2) is 70.2 Å². The van der Waals surface area contributed by atoms with Gasteiger partial charge >= 0.3 is 0 Å². The van der Waals surface area contributed by atoms with Crippen LogP contribution < -0.4 is 20.2 Å². The Bertz CT molecular complexity index is 1290. The number of halogens is 1. The number of anilines is 1. The number of carbonyl (C=O) groups is 2. The molecule has 0 aliphatic carbocycles. The molecule has 3 aromatic carbocycles. The monoisotopic (exact) mass is 554 g/mol. The minimum absolute atomic E-state index is 0.132. The summed E-state index contributed by atoms with van der Waals surface area (Å²) in [5.41, 5.74) is 4.82. The summed E-state index contributed by atoms with van der Waals surface area (Å²) < 4.78 is 11.6. The highest BCUT2D eigenvalue weighted by molar-refractivity contribution is 9.10. The number of rotatable bonds is 10. The zero-order valence-corrected chi connectivity index (χ0v) is 21.1. The number of amides is 2. The Labute approximate surface area is 215 Å². The van der Waals surface area contributed by atoms with Gasteiger partial charge in [0.05, 0.1) is 24.7 Å². The van der Waals surface area contributed by atoms with Crippen LogP contribution in [0.5, 0.6) is 11.5 Å². The third-order valence-electron chi connectivity index (χ3n) is 4.91. The number of nitro groups is 1. The molecule has 11 heteroatoms. The van der Waals surface area contributed by atoms with Gasteiger partial charge in [-0.2, -0.15) is 5.10 Å². The van der Waals surface area contributed by atoms with Gasteiger partial charge in [0, 0.05) is 27.4 Å². The van der Waals surface area contributed by atoms with Crippen LogP contribution in [0.1, 0.15) is 16.7 Å². The highest BCUT2D eigenvalue weighted by atomic mass is 79.9. The molecule has 3 rings (SSSR count). The zero-order chi connectivity index (χ0) is 26.1. The lowest BCUT2D eigenvalue weighted by Gasteiger charge is -2.13. The van der Waals surface area contributed by atoms with Crippen molar-refractivity contribution in [1.29, 1.82) is 0 Å². The van der Waals surface area contributed by atoms with Crippen LogP contribution in [-0.4, -0.2) is 36.7 Å². The molecule has 0 fully saturated rings. The van der Waals surface area contributed by atoms with Gasteiger partial charge in [0.25, 0.3) is 11.6 Å². The molecule has 0 aromatic heterocycles. The SMILES string of the molecule is COc1cc(/C=N/NC(=O)Cc2ccccc2[N+](=O)[O-])c(Br)cc1OCC(=O)Nc1ccc(C)cc1. The fraction of sp³-hybridized carbons (Fsp3) is 0.160. The Hall–Kier alpha value is -4.25. The predicted octanol–water partition coefficient (Wildman–Crippen LogP) is 4.38. The van der Waals surface area contributed by atoms with Crippen molar-refractivity contribution >= 4 is 45.3 Å². The van der Waals surface area contributed by atoms with E-state index in [9.17, 15) is 19.7 Å². The maximum absolute atomic E-state index is 12.2. The maximum atomic E-state index is 12.2. The van der Waals surface area contributed by atoms with Crippen molar-refractivity contribution in [3.8, 4) is 11.5 Å². The summed E-state index contributed by atoms with van der Waals surface area (Å²) in [5, 5.41) is 17.8. The fourth-order valence-corrected chi connectivity index (χ4v) is 3.55. The second kappa shape index (κ2) is 12.5. The molecule has 0 unspecified atom stereocenters. The van der Waals surface area contributed by atoms with E-state index < -0.39 is 10.8 Å². The minimum atomic E-state index is -0.537. The van der Waals surface area contributed by atoms with Crippen molar-refractivity contribution in [3.05, 3.63) is 91.9 Å². The van der Waals surface area contributed by atoms with Gasteiger partial charge in [-0.05, 0) is 47.1 Å². The third kappa shape index (κ3) is 7.37. The Morgan fingerprint density at radius 2 is 1.81 bits per heavy atom. The number of nitro benzene ring substituents is 1. The van der Waals surface area contributed by atoms with E-state index in [1.54, 1.807) is 30.3 Å². The summed E-state index contributed by atoms with van der Waals surface area (Å²) in [6.45, 7) is 1.73. The lowest BCUT2D eigenvalue weighted by atomic mass is 10.1. The molecule has 0 heterocycles. The van der Waals surface area contributed by atoms with Crippen molar-refractivity contribution in [1.82, 2.24) is 5.43 Å². The summed E-state index contributed by atoms with van der Waals surface area (Å²) in [5.74, 6) is -0.151. The van der Waals surface area contributed by atoms with Crippen molar-refractivity contribution in [3.63, 3.8) is 0 Å². The highest BCUT2D eigenvalue weighted by Crippen LogP contribution is 2.33. The Balaban J connectivity index is 1.60. The summed E-state index contributed by atoms with van der Waals surface area (Å²) in [6.07, 6.45) is 1.19. The fourth-order valence-electron chi connectivity index (χ4n) is 3.12. The van der Waals surface area contributed by atoms with Gasteiger partial charge in [-0.25, -0.2) is 5.43 Å². The lowest BCUT2D eigenvalue weighted by Crippen LogP contribution is -2.20. The number of hydrogen-bond acceptors (Lipinski definition) is 7. The number of nitrogens with one attached hydrogen (secondary N) is 2. The van der Waals surface area contributed by atoms with Crippen LogP contribution in [0, 0.1) is 17.0 Å². The van der Waals surface area contributed by atoms with Crippen LogP contribution in [0.25, 0.3) is 0 Å². The van der Waals surface area contributed by atoms with E-state index in [1.165, 1.54) is 31.5 Å². The molecular formula is C25H23BrN4O6. The molecule has 10 nitrogen and oxygen atoms in total. The molecule has 0 aliphatic rings. The van der Waals surface area contributed by atoms with E-state index in [4.69, 9.17) is 9.47 Å². The van der Waals surface area contributed by atoms with Gasteiger partial charge in [-0.15, -0.1) is 0 Å². The van der Waals surface area contributed by atoms with Crippen LogP contribution in [0.2, 0.25) is 0 Å². The van der Waals surface area contributed by atoms with E-state index in [0.29, 0.717) is 27.2 Å². The molecule has 36 heavy (non-hydrogen) atoms. The Kier molecular flexibility index (Phi) is 9.12. The molecule has 0 bridgehead atoms. The van der Waals surface area contributed by atoms with Gasteiger partial charge in [0.1, 0.15) is 0 Å². The minimum Gasteiger partial charge on any atom is -0.493 e. The number of para-hydroxylation sites is 1. The standard InChI is InChI=1S/C25H23BrN4O6/c1-16-7-9-19(10-8-16)28-25(32)15-36-23-13-20(26)18(11-22(23)35-2)14-27-29-24(31)12-17-5-3-4-6-21(17)30(33)34/h3-11,13-14H,12,15H2,1-2H3,(H,28,32)(H,29,31)/b27-14+. The average molecular weight is 555 g/mol. The normalized spacial score (nSPS) is 10.6. The molecule has 2 amide bonds.